The van der Waals surface area contributed by atoms with Gasteiger partial charge in [0.2, 0.25) is 0 Å². The molecule has 1 aromatic heterocycles. The Morgan fingerprint density at radius 1 is 1.48 bits per heavy atom. The first-order valence-electron chi connectivity index (χ1n) is 6.15. The molecule has 0 fully saturated rings. The van der Waals surface area contributed by atoms with E-state index in [4.69, 9.17) is 16.7 Å². The molecule has 0 aliphatic rings. The molecule has 5 nitrogen and oxygen atoms in total. The van der Waals surface area contributed by atoms with Crippen molar-refractivity contribution >= 4 is 29.3 Å². The maximum absolute atomic E-state index is 13.6. The molecule has 2 aromatic rings. The van der Waals surface area contributed by atoms with Crippen molar-refractivity contribution in [3.05, 3.63) is 29.0 Å². The lowest BCUT2D eigenvalue weighted by molar-refractivity contribution is -0.133. The first-order valence-corrected chi connectivity index (χ1v) is 7.51. The molecule has 0 aliphatic heterocycles. The number of carboxylic acids is 1. The summed E-state index contributed by atoms with van der Waals surface area (Å²) in [5, 5.41) is 17.3. The number of thioether (sulfide) groups is 1. The number of carboxylic acid groups (broad SMARTS) is 1. The van der Waals surface area contributed by atoms with E-state index in [1.807, 2.05) is 13.8 Å². The van der Waals surface area contributed by atoms with Crippen LogP contribution in [-0.2, 0) is 4.79 Å². The average molecular weight is 330 g/mol. The first-order chi connectivity index (χ1) is 9.90. The number of carbonyl (C=O) groups is 1. The number of hydrogen-bond donors (Lipinski definition) is 1. The standard InChI is InChI=1S/C13H13ClFN3O2S/c1-7(2)18-12(8-3-4-9(14)10(15)5-8)16-17-13(18)21-6-11(19)20/h3-5,7H,6H2,1-2H3,(H,19,20). The van der Waals surface area contributed by atoms with E-state index in [2.05, 4.69) is 10.2 Å². The quantitative estimate of drug-likeness (QED) is 0.850. The fourth-order valence-electron chi connectivity index (χ4n) is 1.80. The van der Waals surface area contributed by atoms with Crippen molar-refractivity contribution in [1.29, 1.82) is 0 Å². The van der Waals surface area contributed by atoms with Crippen LogP contribution >= 0.6 is 23.4 Å². The maximum atomic E-state index is 13.6. The van der Waals surface area contributed by atoms with Gasteiger partial charge in [-0.05, 0) is 32.0 Å². The van der Waals surface area contributed by atoms with E-state index in [9.17, 15) is 9.18 Å². The highest BCUT2D eigenvalue weighted by molar-refractivity contribution is 7.99. The van der Waals surface area contributed by atoms with Crippen LogP contribution in [-0.4, -0.2) is 31.6 Å². The van der Waals surface area contributed by atoms with E-state index in [0.29, 0.717) is 16.5 Å². The Morgan fingerprint density at radius 3 is 2.76 bits per heavy atom. The lowest BCUT2D eigenvalue weighted by atomic mass is 10.2. The van der Waals surface area contributed by atoms with Gasteiger partial charge in [0.15, 0.2) is 11.0 Å². The molecule has 0 unspecified atom stereocenters. The van der Waals surface area contributed by atoms with Crippen LogP contribution in [0.5, 0.6) is 0 Å². The summed E-state index contributed by atoms with van der Waals surface area (Å²) in [6.45, 7) is 3.84. The maximum Gasteiger partial charge on any atom is 0.313 e. The van der Waals surface area contributed by atoms with Gasteiger partial charge in [0.05, 0.1) is 10.8 Å². The molecule has 112 valence electrons. The van der Waals surface area contributed by atoms with Crippen LogP contribution in [0.1, 0.15) is 19.9 Å². The van der Waals surface area contributed by atoms with Gasteiger partial charge in [-0.15, -0.1) is 10.2 Å². The number of rotatable bonds is 5. The molecule has 1 aromatic carbocycles. The summed E-state index contributed by atoms with van der Waals surface area (Å²) < 4.78 is 15.4. The summed E-state index contributed by atoms with van der Waals surface area (Å²) in [5.41, 5.74) is 0.542. The van der Waals surface area contributed by atoms with Gasteiger partial charge in [-0.25, -0.2) is 4.39 Å². The summed E-state index contributed by atoms with van der Waals surface area (Å²) in [5.74, 6) is -1.10. The van der Waals surface area contributed by atoms with Crippen molar-refractivity contribution in [3.8, 4) is 11.4 Å². The fourth-order valence-corrected chi connectivity index (χ4v) is 2.70. The molecule has 0 bridgehead atoms. The molecule has 0 saturated carbocycles. The lowest BCUT2D eigenvalue weighted by Crippen LogP contribution is -2.07. The molecule has 0 spiro atoms. The van der Waals surface area contributed by atoms with E-state index in [1.54, 1.807) is 10.6 Å². The van der Waals surface area contributed by atoms with Crippen molar-refractivity contribution < 1.29 is 14.3 Å². The molecular weight excluding hydrogens is 317 g/mol. The fraction of sp³-hybridized carbons (Fsp3) is 0.308. The van der Waals surface area contributed by atoms with Gasteiger partial charge in [0, 0.05) is 11.6 Å². The summed E-state index contributed by atoms with van der Waals surface area (Å²) in [6.07, 6.45) is 0. The Labute approximate surface area is 130 Å². The summed E-state index contributed by atoms with van der Waals surface area (Å²) in [4.78, 5) is 10.7. The zero-order valence-corrected chi connectivity index (χ0v) is 13.0. The molecule has 8 heteroatoms. The minimum atomic E-state index is -0.933. The molecule has 0 aliphatic carbocycles. The van der Waals surface area contributed by atoms with E-state index in [-0.39, 0.29) is 16.8 Å². The molecule has 0 atom stereocenters. The van der Waals surface area contributed by atoms with E-state index in [1.165, 1.54) is 12.1 Å². The number of benzene rings is 1. The highest BCUT2D eigenvalue weighted by Gasteiger charge is 2.18. The van der Waals surface area contributed by atoms with E-state index >= 15 is 0 Å². The smallest absolute Gasteiger partial charge is 0.313 e. The molecular formula is C13H13ClFN3O2S. The second kappa shape index (κ2) is 6.44. The molecule has 0 radical (unpaired) electrons. The molecule has 2 rings (SSSR count). The molecule has 21 heavy (non-hydrogen) atoms. The molecule has 1 heterocycles. The van der Waals surface area contributed by atoms with Crippen molar-refractivity contribution in [2.75, 3.05) is 5.75 Å². The van der Waals surface area contributed by atoms with E-state index in [0.717, 1.165) is 11.8 Å². The van der Waals surface area contributed by atoms with Crippen molar-refractivity contribution in [2.45, 2.75) is 25.0 Å². The van der Waals surface area contributed by atoms with Crippen LogP contribution in [0, 0.1) is 5.82 Å². The minimum Gasteiger partial charge on any atom is -0.481 e. The summed E-state index contributed by atoms with van der Waals surface area (Å²) in [7, 11) is 0. The second-order valence-electron chi connectivity index (χ2n) is 4.58. The van der Waals surface area contributed by atoms with Crippen LogP contribution in [0.15, 0.2) is 23.4 Å². The van der Waals surface area contributed by atoms with E-state index < -0.39 is 11.8 Å². The highest BCUT2D eigenvalue weighted by atomic mass is 35.5. The number of hydrogen-bond acceptors (Lipinski definition) is 4. The molecule has 1 N–H and O–H groups in total. The Balaban J connectivity index is 2.43. The Morgan fingerprint density at radius 2 is 2.19 bits per heavy atom. The first kappa shape index (κ1) is 15.8. The Bertz CT molecular complexity index is 675. The van der Waals surface area contributed by atoms with Crippen molar-refractivity contribution in [2.24, 2.45) is 0 Å². The predicted octanol–water partition coefficient (Wildman–Crippen LogP) is 3.50. The SMILES string of the molecule is CC(C)n1c(SCC(=O)O)nnc1-c1ccc(Cl)c(F)c1. The summed E-state index contributed by atoms with van der Waals surface area (Å²) >= 11 is 6.75. The molecule has 0 amide bonds. The largest absolute Gasteiger partial charge is 0.481 e. The zero-order chi connectivity index (χ0) is 15.6. The van der Waals surface area contributed by atoms with Gasteiger partial charge < -0.3 is 5.11 Å². The molecule has 0 saturated heterocycles. The topological polar surface area (TPSA) is 68.0 Å². The zero-order valence-electron chi connectivity index (χ0n) is 11.4. The Kier molecular flexibility index (Phi) is 4.84. The van der Waals surface area contributed by atoms with Gasteiger partial charge in [-0.3, -0.25) is 9.36 Å². The minimum absolute atomic E-state index is 0.00466. The van der Waals surface area contributed by atoms with Gasteiger partial charge in [0.1, 0.15) is 5.82 Å². The monoisotopic (exact) mass is 329 g/mol. The average Bonchev–Trinajstić information content (AvgIpc) is 2.83. The third kappa shape index (κ3) is 3.54. The van der Waals surface area contributed by atoms with Gasteiger partial charge >= 0.3 is 5.97 Å². The van der Waals surface area contributed by atoms with Crippen LogP contribution in [0.2, 0.25) is 5.02 Å². The number of aliphatic carboxylic acids is 1. The van der Waals surface area contributed by atoms with Crippen LogP contribution in [0.4, 0.5) is 4.39 Å². The summed E-state index contributed by atoms with van der Waals surface area (Å²) in [6, 6.07) is 4.40. The van der Waals surface area contributed by atoms with Crippen LogP contribution < -0.4 is 0 Å². The Hall–Kier alpha value is -1.60. The van der Waals surface area contributed by atoms with Crippen molar-refractivity contribution in [3.63, 3.8) is 0 Å². The van der Waals surface area contributed by atoms with Crippen LogP contribution in [0.3, 0.4) is 0 Å². The second-order valence-corrected chi connectivity index (χ2v) is 5.93. The third-order valence-corrected chi connectivity index (χ3v) is 3.92. The lowest BCUT2D eigenvalue weighted by Gasteiger charge is -2.13. The predicted molar refractivity (Wildman–Crippen MR) is 79.2 cm³/mol. The third-order valence-electron chi connectivity index (χ3n) is 2.68. The van der Waals surface area contributed by atoms with Gasteiger partial charge in [-0.2, -0.15) is 0 Å². The number of aromatic nitrogens is 3. The van der Waals surface area contributed by atoms with Gasteiger partial charge in [-0.1, -0.05) is 23.4 Å². The van der Waals surface area contributed by atoms with Gasteiger partial charge in [0.25, 0.3) is 0 Å². The van der Waals surface area contributed by atoms with Crippen molar-refractivity contribution in [1.82, 2.24) is 14.8 Å². The highest BCUT2D eigenvalue weighted by Crippen LogP contribution is 2.29. The number of nitrogens with zero attached hydrogens (tertiary/aromatic N) is 3. The van der Waals surface area contributed by atoms with Crippen LogP contribution in [0.25, 0.3) is 11.4 Å². The normalized spacial score (nSPS) is 11.1. The number of halogens is 2.